The summed E-state index contributed by atoms with van der Waals surface area (Å²) in [5.41, 5.74) is 6.07. The summed E-state index contributed by atoms with van der Waals surface area (Å²) in [4.78, 5) is 12.4. The molecule has 20 heavy (non-hydrogen) atoms. The van der Waals surface area contributed by atoms with Crippen LogP contribution in [0.2, 0.25) is 5.02 Å². The molecule has 0 atom stereocenters. The molecule has 0 heterocycles. The van der Waals surface area contributed by atoms with Crippen molar-refractivity contribution < 1.29 is 9.53 Å². The molecule has 1 amide bonds. The molecule has 4 nitrogen and oxygen atoms in total. The zero-order valence-electron chi connectivity index (χ0n) is 11.4. The molecule has 1 aliphatic rings. The van der Waals surface area contributed by atoms with Crippen LogP contribution >= 0.6 is 24.0 Å². The molecule has 2 rings (SSSR count). The van der Waals surface area contributed by atoms with Crippen molar-refractivity contribution in [1.82, 2.24) is 0 Å². The Morgan fingerprint density at radius 1 is 1.45 bits per heavy atom. The molecule has 0 radical (unpaired) electrons. The smallest absolute Gasteiger partial charge is 0.231 e. The van der Waals surface area contributed by atoms with Crippen molar-refractivity contribution in [1.29, 1.82) is 0 Å². The Labute approximate surface area is 130 Å². The van der Waals surface area contributed by atoms with Crippen molar-refractivity contribution in [3.8, 4) is 5.75 Å². The number of carbonyl (C=O) groups excluding carboxylic acids is 1. The highest BCUT2D eigenvalue weighted by atomic mass is 35.5. The summed E-state index contributed by atoms with van der Waals surface area (Å²) in [5, 5.41) is 3.44. The van der Waals surface area contributed by atoms with Gasteiger partial charge in [0.1, 0.15) is 5.75 Å². The predicted molar refractivity (Wildman–Crippen MR) is 83.8 cm³/mol. The third-order valence-electron chi connectivity index (χ3n) is 3.84. The lowest BCUT2D eigenvalue weighted by atomic mass is 9.85. The van der Waals surface area contributed by atoms with Gasteiger partial charge in [-0.3, -0.25) is 4.79 Å². The predicted octanol–water partition coefficient (Wildman–Crippen LogP) is 3.23. The molecular formula is C14H20Cl2N2O2. The lowest BCUT2D eigenvalue weighted by molar-refractivity contribution is -0.124. The van der Waals surface area contributed by atoms with Crippen molar-refractivity contribution in [3.05, 3.63) is 23.2 Å². The molecule has 3 N–H and O–H groups in total. The summed E-state index contributed by atoms with van der Waals surface area (Å²) in [7, 11) is 1.55. The molecule has 0 saturated heterocycles. The van der Waals surface area contributed by atoms with Gasteiger partial charge in [0.2, 0.25) is 5.91 Å². The first-order valence-electron chi connectivity index (χ1n) is 6.46. The number of anilines is 1. The molecule has 1 aromatic rings. The first kappa shape index (κ1) is 17.1. The standard InChI is InChI=1S/C14H19ClN2O2.ClH/c1-19-12-8-10(4-5-11(12)15)17-13(18)14(9-16)6-2-3-7-14;/h4-5,8H,2-3,6-7,9,16H2,1H3,(H,17,18);1H. The maximum Gasteiger partial charge on any atom is 0.231 e. The minimum atomic E-state index is -0.410. The molecule has 1 saturated carbocycles. The van der Waals surface area contributed by atoms with E-state index in [1.54, 1.807) is 25.3 Å². The molecule has 0 bridgehead atoms. The summed E-state index contributed by atoms with van der Waals surface area (Å²) in [6.07, 6.45) is 3.85. The number of carbonyl (C=O) groups is 1. The quantitative estimate of drug-likeness (QED) is 0.895. The molecule has 112 valence electrons. The zero-order valence-corrected chi connectivity index (χ0v) is 13.0. The van der Waals surface area contributed by atoms with Gasteiger partial charge in [0.15, 0.2) is 0 Å². The average molecular weight is 319 g/mol. The normalized spacial score (nSPS) is 16.4. The number of rotatable bonds is 4. The molecular weight excluding hydrogens is 299 g/mol. The van der Waals surface area contributed by atoms with Gasteiger partial charge in [-0.25, -0.2) is 0 Å². The number of hydrogen-bond donors (Lipinski definition) is 2. The van der Waals surface area contributed by atoms with Crippen LogP contribution in [0.15, 0.2) is 18.2 Å². The van der Waals surface area contributed by atoms with Crippen LogP contribution < -0.4 is 15.8 Å². The maximum absolute atomic E-state index is 12.4. The molecule has 0 spiro atoms. The van der Waals surface area contributed by atoms with Crippen LogP contribution in [-0.2, 0) is 4.79 Å². The van der Waals surface area contributed by atoms with Gasteiger partial charge < -0.3 is 15.8 Å². The van der Waals surface area contributed by atoms with E-state index in [4.69, 9.17) is 22.1 Å². The van der Waals surface area contributed by atoms with Crippen LogP contribution in [0.5, 0.6) is 5.75 Å². The fourth-order valence-electron chi connectivity index (χ4n) is 2.58. The van der Waals surface area contributed by atoms with Gasteiger partial charge >= 0.3 is 0 Å². The SMILES string of the molecule is COc1cc(NC(=O)C2(CN)CCCC2)ccc1Cl.Cl. The summed E-state index contributed by atoms with van der Waals surface area (Å²) in [5.74, 6) is 0.546. The van der Waals surface area contributed by atoms with Crippen molar-refractivity contribution in [2.45, 2.75) is 25.7 Å². The van der Waals surface area contributed by atoms with Crippen LogP contribution in [0, 0.1) is 5.41 Å². The van der Waals surface area contributed by atoms with Gasteiger partial charge in [0.05, 0.1) is 17.5 Å². The van der Waals surface area contributed by atoms with E-state index in [2.05, 4.69) is 5.32 Å². The third kappa shape index (κ3) is 3.37. The molecule has 0 aromatic heterocycles. The summed E-state index contributed by atoms with van der Waals surface area (Å²) in [6.45, 7) is 0.392. The molecule has 1 aliphatic carbocycles. The first-order chi connectivity index (χ1) is 9.11. The van der Waals surface area contributed by atoms with E-state index in [0.29, 0.717) is 23.0 Å². The fourth-order valence-corrected chi connectivity index (χ4v) is 2.77. The fraction of sp³-hybridized carbons (Fsp3) is 0.500. The average Bonchev–Trinajstić information content (AvgIpc) is 2.91. The van der Waals surface area contributed by atoms with Gasteiger partial charge in [-0.05, 0) is 25.0 Å². The lowest BCUT2D eigenvalue weighted by Gasteiger charge is -2.25. The van der Waals surface area contributed by atoms with E-state index in [0.717, 1.165) is 25.7 Å². The molecule has 0 aliphatic heterocycles. The number of ether oxygens (including phenoxy) is 1. The summed E-state index contributed by atoms with van der Waals surface area (Å²) in [6, 6.07) is 5.20. The highest BCUT2D eigenvalue weighted by molar-refractivity contribution is 6.32. The number of halogens is 2. The van der Waals surface area contributed by atoms with Gasteiger partial charge in [-0.15, -0.1) is 12.4 Å². The summed E-state index contributed by atoms with van der Waals surface area (Å²) >= 11 is 5.96. The highest BCUT2D eigenvalue weighted by Crippen LogP contribution is 2.38. The number of nitrogens with one attached hydrogen (secondary N) is 1. The largest absolute Gasteiger partial charge is 0.495 e. The van der Waals surface area contributed by atoms with Crippen LogP contribution in [0.4, 0.5) is 5.69 Å². The Hall–Kier alpha value is -0.970. The van der Waals surface area contributed by atoms with Crippen molar-refractivity contribution >= 4 is 35.6 Å². The molecule has 1 aromatic carbocycles. The zero-order chi connectivity index (χ0) is 13.9. The maximum atomic E-state index is 12.4. The monoisotopic (exact) mass is 318 g/mol. The number of amides is 1. The van der Waals surface area contributed by atoms with Crippen LogP contribution in [0.3, 0.4) is 0 Å². The van der Waals surface area contributed by atoms with Crippen LogP contribution in [-0.4, -0.2) is 19.6 Å². The second-order valence-electron chi connectivity index (χ2n) is 5.00. The van der Waals surface area contributed by atoms with E-state index in [1.807, 2.05) is 0 Å². The van der Waals surface area contributed by atoms with Gasteiger partial charge in [0.25, 0.3) is 0 Å². The Balaban J connectivity index is 0.00000200. The van der Waals surface area contributed by atoms with E-state index >= 15 is 0 Å². The Morgan fingerprint density at radius 2 is 2.10 bits per heavy atom. The second-order valence-corrected chi connectivity index (χ2v) is 5.40. The Kier molecular flexibility index (Phi) is 6.11. The molecule has 0 unspecified atom stereocenters. The molecule has 1 fully saturated rings. The van der Waals surface area contributed by atoms with Gasteiger partial charge in [-0.2, -0.15) is 0 Å². The minimum absolute atomic E-state index is 0. The lowest BCUT2D eigenvalue weighted by Crippen LogP contribution is -2.40. The van der Waals surface area contributed by atoms with Crippen molar-refractivity contribution in [2.24, 2.45) is 11.1 Å². The van der Waals surface area contributed by atoms with Crippen molar-refractivity contribution in [3.63, 3.8) is 0 Å². The minimum Gasteiger partial charge on any atom is -0.495 e. The van der Waals surface area contributed by atoms with E-state index < -0.39 is 5.41 Å². The highest BCUT2D eigenvalue weighted by Gasteiger charge is 2.39. The van der Waals surface area contributed by atoms with E-state index in [9.17, 15) is 4.79 Å². The van der Waals surface area contributed by atoms with Crippen molar-refractivity contribution in [2.75, 3.05) is 19.0 Å². The topological polar surface area (TPSA) is 64.3 Å². The second kappa shape index (κ2) is 7.16. The summed E-state index contributed by atoms with van der Waals surface area (Å²) < 4.78 is 5.14. The first-order valence-corrected chi connectivity index (χ1v) is 6.84. The number of nitrogens with two attached hydrogens (primary N) is 1. The van der Waals surface area contributed by atoms with E-state index in [-0.39, 0.29) is 18.3 Å². The van der Waals surface area contributed by atoms with Gasteiger partial charge in [-0.1, -0.05) is 24.4 Å². The Morgan fingerprint density at radius 3 is 2.65 bits per heavy atom. The van der Waals surface area contributed by atoms with E-state index in [1.165, 1.54) is 0 Å². The Bertz CT molecular complexity index is 474. The number of hydrogen-bond acceptors (Lipinski definition) is 3. The number of benzene rings is 1. The van der Waals surface area contributed by atoms with Gasteiger partial charge in [0, 0.05) is 18.3 Å². The molecule has 6 heteroatoms. The number of methoxy groups -OCH3 is 1. The third-order valence-corrected chi connectivity index (χ3v) is 4.15. The van der Waals surface area contributed by atoms with Crippen LogP contribution in [0.1, 0.15) is 25.7 Å². The van der Waals surface area contributed by atoms with Crippen LogP contribution in [0.25, 0.3) is 0 Å².